The molecule has 5 rings (SSSR count). The number of nitrogens with zero attached hydrogens (tertiary/aromatic N) is 7. The van der Waals surface area contributed by atoms with E-state index in [-0.39, 0.29) is 16.8 Å². The van der Waals surface area contributed by atoms with Crippen molar-refractivity contribution in [1.82, 2.24) is 28.6 Å². The molecular weight excluding hydrogens is 498 g/mol. The zero-order valence-electron chi connectivity index (χ0n) is 20.6. The van der Waals surface area contributed by atoms with Gasteiger partial charge in [-0.25, -0.2) is 14.6 Å². The first-order chi connectivity index (χ1) is 17.8. The van der Waals surface area contributed by atoms with Crippen LogP contribution >= 0.6 is 11.6 Å². The quantitative estimate of drug-likeness (QED) is 0.418. The van der Waals surface area contributed by atoms with Crippen LogP contribution in [-0.4, -0.2) is 72.4 Å². The minimum atomic E-state index is -0.942. The van der Waals surface area contributed by atoms with Gasteiger partial charge in [-0.2, -0.15) is 0 Å². The molecule has 1 fully saturated rings. The van der Waals surface area contributed by atoms with Gasteiger partial charge in [0.25, 0.3) is 5.56 Å². The number of hydrogen-bond acceptors (Lipinski definition) is 7. The fourth-order valence-corrected chi connectivity index (χ4v) is 4.48. The monoisotopic (exact) mass is 525 g/mol. The van der Waals surface area contributed by atoms with Crippen molar-refractivity contribution in [2.75, 3.05) is 37.6 Å². The Balaban J connectivity index is 0.000000301. The first kappa shape index (κ1) is 26.1. The summed E-state index contributed by atoms with van der Waals surface area (Å²) in [6, 6.07) is 11.0. The van der Waals surface area contributed by atoms with Gasteiger partial charge in [-0.15, -0.1) is 0 Å². The molecule has 1 N–H and O–H groups in total. The lowest BCUT2D eigenvalue weighted by atomic mass is 10.2. The Bertz CT molecular complexity index is 1510. The molecule has 0 amide bonds. The van der Waals surface area contributed by atoms with Gasteiger partial charge < -0.3 is 14.6 Å². The maximum atomic E-state index is 12.5. The number of carboxylic acid groups (broad SMARTS) is 1. The lowest BCUT2D eigenvalue weighted by Gasteiger charge is -2.36. The Kier molecular flexibility index (Phi) is 8.04. The molecule has 1 aliphatic heterocycles. The van der Waals surface area contributed by atoms with Gasteiger partial charge in [0.1, 0.15) is 0 Å². The van der Waals surface area contributed by atoms with Crippen molar-refractivity contribution >= 4 is 34.4 Å². The van der Waals surface area contributed by atoms with Gasteiger partial charge in [0.2, 0.25) is 0 Å². The first-order valence-electron chi connectivity index (χ1n) is 11.7. The number of halogens is 1. The van der Waals surface area contributed by atoms with Crippen molar-refractivity contribution in [3.63, 3.8) is 0 Å². The summed E-state index contributed by atoms with van der Waals surface area (Å²) in [5.74, 6) is -0.942. The molecule has 0 bridgehead atoms. The SMILES string of the molecule is Cn1c(=O)c2c(ncn2CCN2CCN(c3ccccc3Cl)CC2)n(C)c1=O.O=C(O)c1cccnc1. The third-order valence-electron chi connectivity index (χ3n) is 6.35. The summed E-state index contributed by atoms with van der Waals surface area (Å²) in [5.41, 5.74) is 1.53. The van der Waals surface area contributed by atoms with Crippen molar-refractivity contribution in [1.29, 1.82) is 0 Å². The second-order valence-electron chi connectivity index (χ2n) is 8.64. The van der Waals surface area contributed by atoms with Crippen molar-refractivity contribution < 1.29 is 9.90 Å². The van der Waals surface area contributed by atoms with Crippen LogP contribution in [0, 0.1) is 0 Å². The Morgan fingerprint density at radius 2 is 1.73 bits per heavy atom. The van der Waals surface area contributed by atoms with E-state index < -0.39 is 5.97 Å². The lowest BCUT2D eigenvalue weighted by molar-refractivity contribution is 0.0696. The van der Waals surface area contributed by atoms with Crippen LogP contribution < -0.4 is 16.1 Å². The van der Waals surface area contributed by atoms with Crippen molar-refractivity contribution in [2.24, 2.45) is 14.1 Å². The highest BCUT2D eigenvalue weighted by molar-refractivity contribution is 6.33. The minimum Gasteiger partial charge on any atom is -0.478 e. The number of fused-ring (bicyclic) bond motifs is 1. The van der Waals surface area contributed by atoms with Crippen molar-refractivity contribution in [2.45, 2.75) is 6.54 Å². The number of benzene rings is 1. The minimum absolute atomic E-state index is 0.220. The summed E-state index contributed by atoms with van der Waals surface area (Å²) in [4.78, 5) is 47.3. The summed E-state index contributed by atoms with van der Waals surface area (Å²) < 4.78 is 4.38. The number of imidazole rings is 1. The average molecular weight is 526 g/mol. The number of carboxylic acids is 1. The standard InChI is InChI=1S/C19H23ClN6O2.C6H5NO2/c1-22-17-16(18(27)23(2)19(22)28)26(13-21-17)12-9-24-7-10-25(11-8-24)15-6-4-3-5-14(15)20;8-6(9)5-2-1-3-7-4-5/h3-6,13H,7-12H2,1-2H3;1-4H,(H,8,9). The zero-order valence-corrected chi connectivity index (χ0v) is 21.4. The topological polar surface area (TPSA) is 118 Å². The molecular formula is C25H28ClN7O4. The van der Waals surface area contributed by atoms with Gasteiger partial charge in [-0.1, -0.05) is 23.7 Å². The van der Waals surface area contributed by atoms with Crippen LogP contribution in [0.15, 0.2) is 64.7 Å². The van der Waals surface area contributed by atoms with E-state index in [1.807, 2.05) is 22.8 Å². The summed E-state index contributed by atoms with van der Waals surface area (Å²) in [6.45, 7) is 5.13. The number of pyridine rings is 1. The molecule has 194 valence electrons. The highest BCUT2D eigenvalue weighted by atomic mass is 35.5. The Morgan fingerprint density at radius 1 is 1.00 bits per heavy atom. The second kappa shape index (κ2) is 11.4. The number of piperazine rings is 1. The maximum Gasteiger partial charge on any atom is 0.337 e. The van der Waals surface area contributed by atoms with Gasteiger partial charge >= 0.3 is 11.7 Å². The number of para-hydroxylation sites is 1. The molecule has 11 nitrogen and oxygen atoms in total. The lowest BCUT2D eigenvalue weighted by Crippen LogP contribution is -2.47. The molecule has 0 unspecified atom stereocenters. The normalized spacial score (nSPS) is 13.9. The highest BCUT2D eigenvalue weighted by Crippen LogP contribution is 2.26. The van der Waals surface area contributed by atoms with E-state index in [4.69, 9.17) is 16.7 Å². The van der Waals surface area contributed by atoms with E-state index in [9.17, 15) is 14.4 Å². The van der Waals surface area contributed by atoms with E-state index in [2.05, 4.69) is 25.8 Å². The van der Waals surface area contributed by atoms with Gasteiger partial charge in [0.15, 0.2) is 11.2 Å². The molecule has 0 spiro atoms. The predicted octanol–water partition coefficient (Wildman–Crippen LogP) is 1.69. The number of rotatable bonds is 5. The van der Waals surface area contributed by atoms with Crippen LogP contribution in [0.1, 0.15) is 10.4 Å². The van der Waals surface area contributed by atoms with E-state index in [1.165, 1.54) is 30.1 Å². The van der Waals surface area contributed by atoms with E-state index >= 15 is 0 Å². The number of aryl methyl sites for hydroxylation is 1. The van der Waals surface area contributed by atoms with Crippen LogP contribution in [0.4, 0.5) is 5.69 Å². The highest BCUT2D eigenvalue weighted by Gasteiger charge is 2.20. The zero-order chi connectivity index (χ0) is 26.5. The second-order valence-corrected chi connectivity index (χ2v) is 9.05. The average Bonchev–Trinajstić information content (AvgIpc) is 3.35. The fraction of sp³-hybridized carbons (Fsp3) is 0.320. The molecule has 4 aromatic rings. The van der Waals surface area contributed by atoms with Crippen molar-refractivity contribution in [3.8, 4) is 0 Å². The van der Waals surface area contributed by atoms with Crippen LogP contribution in [0.2, 0.25) is 5.02 Å². The number of carbonyl (C=O) groups is 1. The van der Waals surface area contributed by atoms with E-state index in [1.54, 1.807) is 19.4 Å². The Hall–Kier alpha value is -3.96. The Morgan fingerprint density at radius 3 is 2.35 bits per heavy atom. The Labute approximate surface area is 217 Å². The molecule has 1 aliphatic rings. The molecule has 1 aromatic carbocycles. The maximum absolute atomic E-state index is 12.5. The van der Waals surface area contributed by atoms with Gasteiger partial charge in [0.05, 0.1) is 22.6 Å². The summed E-state index contributed by atoms with van der Waals surface area (Å²) >= 11 is 6.31. The molecule has 0 atom stereocenters. The van der Waals surface area contributed by atoms with Gasteiger partial charge in [0, 0.05) is 65.8 Å². The van der Waals surface area contributed by atoms with Gasteiger partial charge in [-0.05, 0) is 24.3 Å². The predicted molar refractivity (Wildman–Crippen MR) is 142 cm³/mol. The largest absolute Gasteiger partial charge is 0.478 e. The molecule has 37 heavy (non-hydrogen) atoms. The van der Waals surface area contributed by atoms with Crippen molar-refractivity contribution in [3.05, 3.63) is 86.5 Å². The molecule has 0 saturated carbocycles. The van der Waals surface area contributed by atoms with E-state index in [0.29, 0.717) is 17.7 Å². The summed E-state index contributed by atoms with van der Waals surface area (Å²) in [6.07, 6.45) is 4.49. The molecule has 12 heteroatoms. The summed E-state index contributed by atoms with van der Waals surface area (Å²) in [5, 5.41) is 9.12. The molecule has 0 radical (unpaired) electrons. The smallest absolute Gasteiger partial charge is 0.337 e. The fourth-order valence-electron chi connectivity index (χ4n) is 4.23. The van der Waals surface area contributed by atoms with Crippen LogP contribution in [0.5, 0.6) is 0 Å². The molecule has 0 aliphatic carbocycles. The number of aromatic carboxylic acids is 1. The van der Waals surface area contributed by atoms with Crippen LogP contribution in [0.25, 0.3) is 11.2 Å². The summed E-state index contributed by atoms with van der Waals surface area (Å²) in [7, 11) is 3.13. The molecule has 1 saturated heterocycles. The third kappa shape index (κ3) is 5.73. The van der Waals surface area contributed by atoms with Crippen LogP contribution in [-0.2, 0) is 20.6 Å². The molecule has 3 aromatic heterocycles. The first-order valence-corrected chi connectivity index (χ1v) is 12.1. The number of hydrogen-bond donors (Lipinski definition) is 1. The van der Waals surface area contributed by atoms with E-state index in [0.717, 1.165) is 48.0 Å². The molecule has 4 heterocycles. The van der Waals surface area contributed by atoms with Gasteiger partial charge in [-0.3, -0.25) is 23.8 Å². The van der Waals surface area contributed by atoms with Crippen LogP contribution in [0.3, 0.4) is 0 Å². The number of aromatic nitrogens is 5. The number of anilines is 1. The third-order valence-corrected chi connectivity index (χ3v) is 6.67.